The van der Waals surface area contributed by atoms with Crippen LogP contribution in [0.1, 0.15) is 22.3 Å². The Morgan fingerprint density at radius 2 is 0.576 bits per heavy atom. The van der Waals surface area contributed by atoms with Gasteiger partial charge < -0.3 is 0 Å². The predicted molar refractivity (Wildman–Crippen MR) is 146 cm³/mol. The maximum atomic E-state index is 6.69. The first-order valence-corrected chi connectivity index (χ1v) is 20.5. The van der Waals surface area contributed by atoms with E-state index in [2.05, 4.69) is 48.5 Å². The Balaban J connectivity index is 1.86. The van der Waals surface area contributed by atoms with Crippen LogP contribution in [0.4, 0.5) is 0 Å². The van der Waals surface area contributed by atoms with Gasteiger partial charge in [0.1, 0.15) is 0 Å². The second-order valence-electron chi connectivity index (χ2n) is 8.57. The van der Waals surface area contributed by atoms with Crippen LogP contribution in [0, 0.1) is 0 Å². The third kappa shape index (κ3) is 6.50. The topological polar surface area (TPSA) is 0 Å². The fourth-order valence-electron chi connectivity index (χ4n) is 4.56. The molecule has 0 aromatic heterocycles. The quantitative estimate of drug-likeness (QED) is 0.172. The summed E-state index contributed by atoms with van der Waals surface area (Å²) >= 11 is 23.5. The molecule has 4 rings (SSSR count). The van der Waals surface area contributed by atoms with E-state index in [0.29, 0.717) is 0 Å². The van der Waals surface area contributed by atoms with Crippen LogP contribution in [-0.2, 0) is 17.7 Å². The monoisotopic (exact) mass is 620 g/mol. The number of hydrogen-bond acceptors (Lipinski definition) is 0. The van der Waals surface area contributed by atoms with Gasteiger partial charge in [0.15, 0.2) is 0 Å². The second-order valence-corrected chi connectivity index (χ2v) is 22.8. The van der Waals surface area contributed by atoms with Crippen molar-refractivity contribution in [3.63, 3.8) is 0 Å². The van der Waals surface area contributed by atoms with Gasteiger partial charge in [-0.25, -0.2) is 0 Å². The molecule has 0 amide bonds. The van der Waals surface area contributed by atoms with Crippen LogP contribution in [0.2, 0.25) is 20.1 Å². The number of rotatable bonds is 8. The van der Waals surface area contributed by atoms with E-state index in [0.717, 1.165) is 37.8 Å². The van der Waals surface area contributed by atoms with E-state index in [1.165, 1.54) is 22.3 Å². The molecule has 4 aromatic rings. The third-order valence-corrected chi connectivity index (χ3v) is 20.5. The van der Waals surface area contributed by atoms with Gasteiger partial charge in [0.2, 0.25) is 0 Å². The molecule has 0 spiro atoms. The summed E-state index contributed by atoms with van der Waals surface area (Å²) in [6.07, 6.45) is 0. The van der Waals surface area contributed by atoms with E-state index < -0.39 is 18.4 Å². The summed E-state index contributed by atoms with van der Waals surface area (Å²) < 4.78 is 3.87. The van der Waals surface area contributed by atoms with Crippen LogP contribution in [0.15, 0.2) is 97.1 Å². The molecule has 0 radical (unpaired) electrons. The van der Waals surface area contributed by atoms with Gasteiger partial charge in [0.25, 0.3) is 0 Å². The Morgan fingerprint density at radius 3 is 0.788 bits per heavy atom. The summed E-state index contributed by atoms with van der Waals surface area (Å²) in [6.45, 7) is 0. The summed E-state index contributed by atoms with van der Waals surface area (Å²) in [7, 11) is 0. The first-order chi connectivity index (χ1) is 16.0. The van der Waals surface area contributed by atoms with Crippen molar-refractivity contribution in [3.8, 4) is 0 Å². The van der Waals surface area contributed by atoms with Crippen LogP contribution in [0.25, 0.3) is 0 Å². The summed E-state index contributed by atoms with van der Waals surface area (Å²) in [6, 6.07) is 32.7. The van der Waals surface area contributed by atoms with Crippen molar-refractivity contribution in [1.82, 2.24) is 0 Å². The zero-order valence-corrected chi connectivity index (χ0v) is 24.0. The standard InChI is InChI=1S/4C7H6Cl.Sn/c4*1-6-4-2-3-5-7(6)8;/h4*2-5H,1H2;. The normalized spacial score (nSPS) is 11.5. The van der Waals surface area contributed by atoms with Crippen molar-refractivity contribution < 1.29 is 0 Å². The zero-order valence-electron chi connectivity index (χ0n) is 18.1. The fourth-order valence-corrected chi connectivity index (χ4v) is 21.5. The third-order valence-electron chi connectivity index (χ3n) is 6.09. The van der Waals surface area contributed by atoms with Crippen molar-refractivity contribution in [1.29, 1.82) is 0 Å². The minimum atomic E-state index is -3.23. The van der Waals surface area contributed by atoms with Crippen molar-refractivity contribution in [2.75, 3.05) is 0 Å². The molecule has 0 aliphatic rings. The molecule has 4 aromatic carbocycles. The summed E-state index contributed by atoms with van der Waals surface area (Å²) in [5.41, 5.74) is 4.78. The predicted octanol–water partition coefficient (Wildman–Crippen LogP) is 9.18. The minimum absolute atomic E-state index is 0.816. The first-order valence-electron chi connectivity index (χ1n) is 10.9. The van der Waals surface area contributed by atoms with Crippen molar-refractivity contribution >= 4 is 64.8 Å². The molecule has 0 N–H and O–H groups in total. The molecule has 0 bridgehead atoms. The molecular formula is C28H24Cl4Sn. The average Bonchev–Trinajstić information content (AvgIpc) is 2.80. The van der Waals surface area contributed by atoms with Gasteiger partial charge in [-0.15, -0.1) is 0 Å². The van der Waals surface area contributed by atoms with Crippen molar-refractivity contribution in [3.05, 3.63) is 139 Å². The van der Waals surface area contributed by atoms with E-state index in [4.69, 9.17) is 46.4 Å². The Kier molecular flexibility index (Phi) is 8.70. The molecule has 168 valence electrons. The fraction of sp³-hybridized carbons (Fsp3) is 0.143. The van der Waals surface area contributed by atoms with Gasteiger partial charge >= 0.3 is 222 Å². The Hall–Kier alpha value is -1.16. The first kappa shape index (κ1) is 24.9. The Labute approximate surface area is 220 Å². The van der Waals surface area contributed by atoms with E-state index >= 15 is 0 Å². The van der Waals surface area contributed by atoms with Crippen molar-refractivity contribution in [2.24, 2.45) is 0 Å². The van der Waals surface area contributed by atoms with Crippen LogP contribution in [-0.4, -0.2) is 18.4 Å². The molecule has 0 fully saturated rings. The molecule has 0 saturated heterocycles. The van der Waals surface area contributed by atoms with Gasteiger partial charge in [0.05, 0.1) is 0 Å². The van der Waals surface area contributed by atoms with Gasteiger partial charge in [-0.2, -0.15) is 0 Å². The zero-order chi connectivity index (χ0) is 23.3. The van der Waals surface area contributed by atoms with Gasteiger partial charge in [0, 0.05) is 0 Å². The molecule has 0 heterocycles. The molecule has 0 aliphatic heterocycles. The molecule has 0 atom stereocenters. The van der Waals surface area contributed by atoms with E-state index in [1.807, 2.05) is 48.5 Å². The average molecular weight is 621 g/mol. The molecule has 0 aliphatic carbocycles. The van der Waals surface area contributed by atoms with Gasteiger partial charge in [-0.05, 0) is 0 Å². The Bertz CT molecular complexity index is 1040. The number of halogens is 4. The maximum absolute atomic E-state index is 6.69. The molecule has 0 nitrogen and oxygen atoms in total. The summed E-state index contributed by atoms with van der Waals surface area (Å²) in [4.78, 5) is 0. The van der Waals surface area contributed by atoms with Crippen LogP contribution < -0.4 is 0 Å². The van der Waals surface area contributed by atoms with Crippen LogP contribution in [0.5, 0.6) is 0 Å². The summed E-state index contributed by atoms with van der Waals surface area (Å²) in [5.74, 6) is 0. The van der Waals surface area contributed by atoms with E-state index in [9.17, 15) is 0 Å². The van der Waals surface area contributed by atoms with Gasteiger partial charge in [-0.1, -0.05) is 0 Å². The van der Waals surface area contributed by atoms with Crippen LogP contribution in [0.3, 0.4) is 0 Å². The Morgan fingerprint density at radius 1 is 0.364 bits per heavy atom. The molecule has 33 heavy (non-hydrogen) atoms. The molecular weight excluding hydrogens is 597 g/mol. The molecule has 0 unspecified atom stereocenters. The number of benzene rings is 4. The van der Waals surface area contributed by atoms with Gasteiger partial charge in [-0.3, -0.25) is 0 Å². The van der Waals surface area contributed by atoms with Crippen molar-refractivity contribution in [2.45, 2.75) is 17.7 Å². The molecule has 5 heteroatoms. The number of hydrogen-bond donors (Lipinski definition) is 0. The molecule has 0 saturated carbocycles. The van der Waals surface area contributed by atoms with Crippen LogP contribution >= 0.6 is 46.4 Å². The summed E-state index contributed by atoms with van der Waals surface area (Å²) in [5, 5.41) is 3.26. The van der Waals surface area contributed by atoms with E-state index in [-0.39, 0.29) is 0 Å². The SMILES string of the molecule is Clc1ccccc1[CH2][Sn]([CH2]c1ccccc1Cl)([CH2]c1ccccc1Cl)[CH2]c1ccccc1Cl. The van der Waals surface area contributed by atoms with E-state index in [1.54, 1.807) is 0 Å². The second kappa shape index (κ2) is 11.5.